The van der Waals surface area contributed by atoms with Gasteiger partial charge in [-0.3, -0.25) is 4.79 Å². The maximum atomic E-state index is 11.6. The second kappa shape index (κ2) is 7.25. The highest BCUT2D eigenvalue weighted by Crippen LogP contribution is 2.13. The van der Waals surface area contributed by atoms with Gasteiger partial charge in [0, 0.05) is 0 Å². The number of nitrogens with zero attached hydrogens (tertiary/aromatic N) is 1. The fourth-order valence-corrected chi connectivity index (χ4v) is 1.29. The molecule has 0 fully saturated rings. The third-order valence-electron chi connectivity index (χ3n) is 2.23. The summed E-state index contributed by atoms with van der Waals surface area (Å²) in [6.45, 7) is 6.11. The molecule has 0 spiro atoms. The lowest BCUT2D eigenvalue weighted by Gasteiger charge is -2.07. The average molecular weight is 244 g/mol. The van der Waals surface area contributed by atoms with E-state index < -0.39 is 0 Å². The normalized spacial score (nSPS) is 9.56. The molecule has 18 heavy (non-hydrogen) atoms. The summed E-state index contributed by atoms with van der Waals surface area (Å²) >= 11 is 0. The van der Waals surface area contributed by atoms with Crippen LogP contribution in [-0.4, -0.2) is 19.1 Å². The van der Waals surface area contributed by atoms with Gasteiger partial charge in [0.05, 0.1) is 17.9 Å². The number of hydrogen-bond donors (Lipinski definition) is 1. The Morgan fingerprint density at radius 2 is 2.22 bits per heavy atom. The molecule has 1 aromatic carbocycles. The fourth-order valence-electron chi connectivity index (χ4n) is 1.29. The highest BCUT2D eigenvalue weighted by atomic mass is 16.5. The largest absolute Gasteiger partial charge is 0.371 e. The number of nitrogens with one attached hydrogen (secondary N) is 1. The van der Waals surface area contributed by atoms with Crippen molar-refractivity contribution in [1.29, 1.82) is 5.26 Å². The average Bonchev–Trinajstić information content (AvgIpc) is 2.35. The Morgan fingerprint density at radius 1 is 1.50 bits per heavy atom. The number of carbonyl (C=O) groups is 1. The van der Waals surface area contributed by atoms with Crippen molar-refractivity contribution in [1.82, 2.24) is 0 Å². The lowest BCUT2D eigenvalue weighted by molar-refractivity contribution is -0.120. The molecule has 1 amide bonds. The first kappa shape index (κ1) is 13.9. The summed E-state index contributed by atoms with van der Waals surface area (Å²) in [6, 6.07) is 8.86. The van der Waals surface area contributed by atoms with Crippen LogP contribution in [0.3, 0.4) is 0 Å². The molecule has 0 bridgehead atoms. The Labute approximate surface area is 107 Å². The Kier molecular flexibility index (Phi) is 5.62. The van der Waals surface area contributed by atoms with Gasteiger partial charge in [0.25, 0.3) is 0 Å². The molecule has 0 saturated carbocycles. The summed E-state index contributed by atoms with van der Waals surface area (Å²) in [7, 11) is 0. The number of benzene rings is 1. The van der Waals surface area contributed by atoms with E-state index in [1.807, 2.05) is 13.0 Å². The Balaban J connectivity index is 2.41. The van der Waals surface area contributed by atoms with E-state index in [0.717, 1.165) is 12.0 Å². The smallest absolute Gasteiger partial charge is 0.250 e. The van der Waals surface area contributed by atoms with Gasteiger partial charge >= 0.3 is 0 Å². The van der Waals surface area contributed by atoms with E-state index in [4.69, 9.17) is 10.00 Å². The van der Waals surface area contributed by atoms with Crippen LogP contribution >= 0.6 is 0 Å². The third-order valence-corrected chi connectivity index (χ3v) is 2.23. The van der Waals surface area contributed by atoms with Crippen LogP contribution in [0.25, 0.3) is 0 Å². The van der Waals surface area contributed by atoms with Crippen molar-refractivity contribution in [2.24, 2.45) is 0 Å². The first-order valence-corrected chi connectivity index (χ1v) is 5.64. The minimum Gasteiger partial charge on any atom is -0.371 e. The van der Waals surface area contributed by atoms with E-state index in [2.05, 4.69) is 11.9 Å². The van der Waals surface area contributed by atoms with Crippen LogP contribution in [0.15, 0.2) is 36.4 Å². The van der Waals surface area contributed by atoms with Gasteiger partial charge in [-0.15, -0.1) is 6.58 Å². The highest BCUT2D eigenvalue weighted by molar-refractivity contribution is 5.92. The van der Waals surface area contributed by atoms with Gasteiger partial charge in [-0.25, -0.2) is 0 Å². The molecule has 1 aromatic rings. The molecule has 0 atom stereocenters. The van der Waals surface area contributed by atoms with Gasteiger partial charge in [0.2, 0.25) is 5.91 Å². The summed E-state index contributed by atoms with van der Waals surface area (Å²) in [5.41, 5.74) is 1.96. The molecule has 4 heteroatoms. The van der Waals surface area contributed by atoms with Crippen LogP contribution in [0, 0.1) is 11.3 Å². The first-order valence-electron chi connectivity index (χ1n) is 5.64. The van der Waals surface area contributed by atoms with E-state index in [0.29, 0.717) is 17.9 Å². The van der Waals surface area contributed by atoms with E-state index in [1.165, 1.54) is 0 Å². The number of nitriles is 1. The molecule has 0 unspecified atom stereocenters. The molecule has 0 heterocycles. The summed E-state index contributed by atoms with van der Waals surface area (Å²) < 4.78 is 5.20. The molecule has 0 aliphatic carbocycles. The number of amides is 1. The molecule has 0 saturated heterocycles. The number of hydrogen-bond acceptors (Lipinski definition) is 3. The van der Waals surface area contributed by atoms with Gasteiger partial charge in [-0.1, -0.05) is 17.7 Å². The van der Waals surface area contributed by atoms with Crippen molar-refractivity contribution in [3.05, 3.63) is 42.0 Å². The number of para-hydroxylation sites is 1. The number of anilines is 1. The van der Waals surface area contributed by atoms with Gasteiger partial charge in [-0.05, 0) is 25.5 Å². The van der Waals surface area contributed by atoms with Crippen molar-refractivity contribution in [2.45, 2.75) is 13.3 Å². The topological polar surface area (TPSA) is 62.1 Å². The maximum absolute atomic E-state index is 11.6. The van der Waals surface area contributed by atoms with E-state index in [-0.39, 0.29) is 12.5 Å². The van der Waals surface area contributed by atoms with Gasteiger partial charge < -0.3 is 10.1 Å². The predicted molar refractivity (Wildman–Crippen MR) is 70.0 cm³/mol. The van der Waals surface area contributed by atoms with Crippen LogP contribution in [0.4, 0.5) is 5.69 Å². The first-order chi connectivity index (χ1) is 8.63. The maximum Gasteiger partial charge on any atom is 0.250 e. The van der Waals surface area contributed by atoms with Crippen molar-refractivity contribution in [2.75, 3.05) is 18.5 Å². The fraction of sp³-hybridized carbons (Fsp3) is 0.286. The zero-order chi connectivity index (χ0) is 13.4. The molecule has 94 valence electrons. The zero-order valence-corrected chi connectivity index (χ0v) is 10.4. The molecule has 4 nitrogen and oxygen atoms in total. The lowest BCUT2D eigenvalue weighted by atomic mass is 10.2. The summed E-state index contributed by atoms with van der Waals surface area (Å²) in [6.07, 6.45) is 0.738. The SMILES string of the molecule is C=C(C)CCOCC(=O)Nc1ccccc1C#N. The number of carbonyl (C=O) groups excluding carboxylic acids is 1. The van der Waals surface area contributed by atoms with Gasteiger partial charge in [0.15, 0.2) is 0 Å². The Hall–Kier alpha value is -2.12. The van der Waals surface area contributed by atoms with Gasteiger partial charge in [0.1, 0.15) is 12.7 Å². The van der Waals surface area contributed by atoms with E-state index >= 15 is 0 Å². The highest BCUT2D eigenvalue weighted by Gasteiger charge is 2.05. The lowest BCUT2D eigenvalue weighted by Crippen LogP contribution is -2.19. The molecule has 0 aromatic heterocycles. The molecule has 1 N–H and O–H groups in total. The van der Waals surface area contributed by atoms with Crippen molar-refractivity contribution in [3.8, 4) is 6.07 Å². The molecular formula is C14H16N2O2. The van der Waals surface area contributed by atoms with Gasteiger partial charge in [-0.2, -0.15) is 5.26 Å². The molecular weight excluding hydrogens is 228 g/mol. The molecule has 0 aliphatic heterocycles. The van der Waals surface area contributed by atoms with Crippen LogP contribution in [0.1, 0.15) is 18.9 Å². The predicted octanol–water partition coefficient (Wildman–Crippen LogP) is 2.48. The molecule has 0 radical (unpaired) electrons. The summed E-state index contributed by atoms with van der Waals surface area (Å²) in [5.74, 6) is -0.264. The molecule has 1 rings (SSSR count). The van der Waals surface area contributed by atoms with E-state index in [9.17, 15) is 4.79 Å². The second-order valence-corrected chi connectivity index (χ2v) is 3.97. The Morgan fingerprint density at radius 3 is 2.89 bits per heavy atom. The van der Waals surface area contributed by atoms with Crippen molar-refractivity contribution >= 4 is 11.6 Å². The standard InChI is InChI=1S/C14H16N2O2/c1-11(2)7-8-18-10-14(17)16-13-6-4-3-5-12(13)9-15/h3-6H,1,7-8,10H2,2H3,(H,16,17). The quantitative estimate of drug-likeness (QED) is 0.617. The van der Waals surface area contributed by atoms with Crippen LogP contribution in [0.2, 0.25) is 0 Å². The van der Waals surface area contributed by atoms with Crippen LogP contribution < -0.4 is 5.32 Å². The summed E-state index contributed by atoms with van der Waals surface area (Å²) in [4.78, 5) is 11.6. The van der Waals surface area contributed by atoms with Crippen LogP contribution in [-0.2, 0) is 9.53 Å². The Bertz CT molecular complexity index is 475. The number of ether oxygens (including phenoxy) is 1. The third kappa shape index (κ3) is 4.81. The van der Waals surface area contributed by atoms with E-state index in [1.54, 1.807) is 24.3 Å². The molecule has 0 aliphatic rings. The minimum atomic E-state index is -0.264. The summed E-state index contributed by atoms with van der Waals surface area (Å²) in [5, 5.41) is 11.5. The van der Waals surface area contributed by atoms with Crippen molar-refractivity contribution < 1.29 is 9.53 Å². The number of rotatable bonds is 6. The monoisotopic (exact) mass is 244 g/mol. The zero-order valence-electron chi connectivity index (χ0n) is 10.4. The van der Waals surface area contributed by atoms with Crippen molar-refractivity contribution in [3.63, 3.8) is 0 Å². The van der Waals surface area contributed by atoms with Crippen LogP contribution in [0.5, 0.6) is 0 Å². The second-order valence-electron chi connectivity index (χ2n) is 3.97. The minimum absolute atomic E-state index is 0.0208.